The minimum Gasteiger partial charge on any atom is -0.342 e. The van der Waals surface area contributed by atoms with Crippen LogP contribution in [0, 0.1) is 19.7 Å². The molecule has 166 valence electrons. The van der Waals surface area contributed by atoms with Crippen molar-refractivity contribution in [2.24, 2.45) is 0 Å². The first-order valence-electron chi connectivity index (χ1n) is 11.6. The van der Waals surface area contributed by atoms with Gasteiger partial charge in [0.15, 0.2) is 0 Å². The van der Waals surface area contributed by atoms with Crippen molar-refractivity contribution < 1.29 is 9.18 Å². The van der Waals surface area contributed by atoms with Gasteiger partial charge in [0.25, 0.3) is 0 Å². The van der Waals surface area contributed by atoms with E-state index in [9.17, 15) is 9.18 Å². The molecule has 0 N–H and O–H groups in total. The molecule has 2 fully saturated rings. The molecule has 0 unspecified atom stereocenters. The van der Waals surface area contributed by atoms with E-state index in [1.807, 2.05) is 24.8 Å². The van der Waals surface area contributed by atoms with Crippen LogP contribution in [0.3, 0.4) is 0 Å². The average Bonchev–Trinajstić information content (AvgIpc) is 2.77. The van der Waals surface area contributed by atoms with E-state index < -0.39 is 0 Å². The summed E-state index contributed by atoms with van der Waals surface area (Å²) in [4.78, 5) is 26.8. The predicted molar refractivity (Wildman–Crippen MR) is 119 cm³/mol. The van der Waals surface area contributed by atoms with Crippen molar-refractivity contribution >= 4 is 5.91 Å². The van der Waals surface area contributed by atoms with E-state index in [1.54, 1.807) is 12.1 Å². The number of amides is 1. The summed E-state index contributed by atoms with van der Waals surface area (Å²) in [5, 5.41) is 0. The van der Waals surface area contributed by atoms with Crippen LogP contribution < -0.4 is 0 Å². The topological polar surface area (TPSA) is 49.3 Å². The van der Waals surface area contributed by atoms with Crippen molar-refractivity contribution in [3.8, 4) is 0 Å². The van der Waals surface area contributed by atoms with Crippen LogP contribution in [-0.4, -0.2) is 51.9 Å². The maximum atomic E-state index is 13.5. The Balaban J connectivity index is 1.43. The fraction of sp³-hybridized carbons (Fsp3) is 0.560. The van der Waals surface area contributed by atoms with Crippen molar-refractivity contribution in [3.05, 3.63) is 58.4 Å². The molecule has 0 spiro atoms. The highest BCUT2D eigenvalue weighted by molar-refractivity contribution is 5.79. The van der Waals surface area contributed by atoms with E-state index in [-0.39, 0.29) is 17.6 Å². The molecule has 31 heavy (non-hydrogen) atoms. The molecule has 2 saturated heterocycles. The van der Waals surface area contributed by atoms with Crippen LogP contribution in [0.1, 0.15) is 66.4 Å². The standard InChI is InChI=1S/C25H33FN4O/c1-18-23(15-24(31)30-12-4-3-5-13-30)19(2)28-25(27-18)21-9-7-11-29(17-21)16-20-8-6-10-22(26)14-20/h6,8,10,14,21H,3-5,7,9,11-13,15-17H2,1-2H3/t21-/m0/s1. The van der Waals surface area contributed by atoms with Crippen LogP contribution in [0.25, 0.3) is 0 Å². The van der Waals surface area contributed by atoms with Gasteiger partial charge in [-0.3, -0.25) is 9.69 Å². The van der Waals surface area contributed by atoms with E-state index in [0.717, 1.165) is 86.7 Å². The highest BCUT2D eigenvalue weighted by Crippen LogP contribution is 2.27. The predicted octanol–water partition coefficient (Wildman–Crippen LogP) is 4.17. The summed E-state index contributed by atoms with van der Waals surface area (Å²) in [6, 6.07) is 6.85. The number of rotatable bonds is 5. The Morgan fingerprint density at radius 2 is 1.81 bits per heavy atom. The molecule has 4 rings (SSSR count). The second-order valence-electron chi connectivity index (χ2n) is 9.05. The summed E-state index contributed by atoms with van der Waals surface area (Å²) < 4.78 is 13.5. The number of halogens is 1. The van der Waals surface area contributed by atoms with Crippen LogP contribution >= 0.6 is 0 Å². The first-order chi connectivity index (χ1) is 15.0. The number of likely N-dealkylation sites (tertiary alicyclic amines) is 2. The van der Waals surface area contributed by atoms with Gasteiger partial charge in [-0.15, -0.1) is 0 Å². The Labute approximate surface area is 184 Å². The molecule has 1 atom stereocenters. The number of piperidine rings is 2. The third kappa shape index (κ3) is 5.48. The maximum absolute atomic E-state index is 13.5. The molecule has 2 aromatic rings. The number of aryl methyl sites for hydroxylation is 2. The lowest BCUT2D eigenvalue weighted by atomic mass is 9.95. The summed E-state index contributed by atoms with van der Waals surface area (Å²) in [7, 11) is 0. The monoisotopic (exact) mass is 424 g/mol. The summed E-state index contributed by atoms with van der Waals surface area (Å²) in [5.74, 6) is 1.16. The fourth-order valence-corrected chi connectivity index (χ4v) is 4.91. The number of nitrogens with zero attached hydrogens (tertiary/aromatic N) is 4. The molecule has 0 aliphatic carbocycles. The van der Waals surface area contributed by atoms with Crippen molar-refractivity contribution in [1.82, 2.24) is 19.8 Å². The normalized spacial score (nSPS) is 20.1. The quantitative estimate of drug-likeness (QED) is 0.723. The summed E-state index contributed by atoms with van der Waals surface area (Å²) in [5.41, 5.74) is 3.83. The second kappa shape index (κ2) is 9.86. The number of benzene rings is 1. The van der Waals surface area contributed by atoms with Gasteiger partial charge in [-0.05, 0) is 70.2 Å². The molecule has 2 aliphatic rings. The van der Waals surface area contributed by atoms with Gasteiger partial charge in [-0.2, -0.15) is 0 Å². The van der Waals surface area contributed by atoms with Crippen LogP contribution in [-0.2, 0) is 17.8 Å². The molecule has 0 saturated carbocycles. The largest absolute Gasteiger partial charge is 0.342 e. The molecule has 3 heterocycles. The molecule has 1 aromatic carbocycles. The second-order valence-corrected chi connectivity index (χ2v) is 9.05. The lowest BCUT2D eigenvalue weighted by Gasteiger charge is -2.32. The number of hydrogen-bond donors (Lipinski definition) is 0. The number of hydrogen-bond acceptors (Lipinski definition) is 4. The first kappa shape index (κ1) is 21.9. The third-order valence-corrected chi connectivity index (χ3v) is 6.64. The van der Waals surface area contributed by atoms with Gasteiger partial charge in [-0.25, -0.2) is 14.4 Å². The highest BCUT2D eigenvalue weighted by atomic mass is 19.1. The van der Waals surface area contributed by atoms with E-state index in [4.69, 9.17) is 9.97 Å². The first-order valence-corrected chi connectivity index (χ1v) is 11.6. The van der Waals surface area contributed by atoms with Crippen LogP contribution in [0.4, 0.5) is 4.39 Å². The zero-order valence-electron chi connectivity index (χ0n) is 18.7. The lowest BCUT2D eigenvalue weighted by molar-refractivity contribution is -0.131. The molecule has 1 aromatic heterocycles. The van der Waals surface area contributed by atoms with E-state index in [1.165, 1.54) is 12.5 Å². The molecular weight excluding hydrogens is 391 g/mol. The SMILES string of the molecule is Cc1nc([C@H]2CCCN(Cc3cccc(F)c3)C2)nc(C)c1CC(=O)N1CCCCC1. The van der Waals surface area contributed by atoms with Gasteiger partial charge in [0.1, 0.15) is 11.6 Å². The smallest absolute Gasteiger partial charge is 0.227 e. The van der Waals surface area contributed by atoms with Crippen molar-refractivity contribution in [3.63, 3.8) is 0 Å². The maximum Gasteiger partial charge on any atom is 0.227 e. The lowest BCUT2D eigenvalue weighted by Crippen LogP contribution is -2.37. The Morgan fingerprint density at radius 1 is 1.06 bits per heavy atom. The molecule has 5 nitrogen and oxygen atoms in total. The Kier molecular flexibility index (Phi) is 6.96. The number of carbonyl (C=O) groups excluding carboxylic acids is 1. The zero-order valence-corrected chi connectivity index (χ0v) is 18.7. The van der Waals surface area contributed by atoms with Crippen molar-refractivity contribution in [1.29, 1.82) is 0 Å². The Bertz CT molecular complexity index is 902. The zero-order chi connectivity index (χ0) is 21.8. The molecule has 0 radical (unpaired) electrons. The van der Waals surface area contributed by atoms with Gasteiger partial charge >= 0.3 is 0 Å². The van der Waals surface area contributed by atoms with E-state index in [0.29, 0.717) is 6.42 Å². The summed E-state index contributed by atoms with van der Waals surface area (Å²) in [6.45, 7) is 8.39. The van der Waals surface area contributed by atoms with E-state index in [2.05, 4.69) is 4.90 Å². The Hall–Kier alpha value is -2.34. The highest BCUT2D eigenvalue weighted by Gasteiger charge is 2.26. The van der Waals surface area contributed by atoms with Crippen LogP contribution in [0.5, 0.6) is 0 Å². The summed E-state index contributed by atoms with van der Waals surface area (Å²) >= 11 is 0. The molecule has 1 amide bonds. The minimum atomic E-state index is -0.185. The summed E-state index contributed by atoms with van der Waals surface area (Å²) in [6.07, 6.45) is 5.96. The van der Waals surface area contributed by atoms with Crippen molar-refractivity contribution in [2.45, 2.75) is 64.8 Å². The van der Waals surface area contributed by atoms with Gasteiger partial charge in [0.05, 0.1) is 6.42 Å². The van der Waals surface area contributed by atoms with Crippen molar-refractivity contribution in [2.75, 3.05) is 26.2 Å². The molecule has 2 aliphatic heterocycles. The van der Waals surface area contributed by atoms with Gasteiger partial charge in [-0.1, -0.05) is 12.1 Å². The molecule has 0 bridgehead atoms. The minimum absolute atomic E-state index is 0.185. The van der Waals surface area contributed by atoms with Crippen LogP contribution in [0.15, 0.2) is 24.3 Å². The average molecular weight is 425 g/mol. The Morgan fingerprint density at radius 3 is 2.52 bits per heavy atom. The number of carbonyl (C=O) groups is 1. The molecule has 6 heteroatoms. The van der Waals surface area contributed by atoms with Gasteiger partial charge in [0.2, 0.25) is 5.91 Å². The molecular formula is C25H33FN4O. The van der Waals surface area contributed by atoms with Gasteiger partial charge < -0.3 is 4.90 Å². The fourth-order valence-electron chi connectivity index (χ4n) is 4.91. The van der Waals surface area contributed by atoms with Gasteiger partial charge in [0, 0.05) is 49.0 Å². The van der Waals surface area contributed by atoms with Crippen LogP contribution in [0.2, 0.25) is 0 Å². The number of aromatic nitrogens is 2. The third-order valence-electron chi connectivity index (χ3n) is 6.64. The van der Waals surface area contributed by atoms with E-state index >= 15 is 0 Å².